The van der Waals surface area contributed by atoms with Gasteiger partial charge in [0.1, 0.15) is 6.23 Å². The smallest absolute Gasteiger partial charge is 0.243 e. The van der Waals surface area contributed by atoms with Crippen molar-refractivity contribution in [3.63, 3.8) is 0 Å². The number of aliphatic hydroxyl groups excluding tert-OH is 1. The Bertz CT molecular complexity index is 1040. The fraction of sp³-hybridized carbons (Fsp3) is 0.524. The van der Waals surface area contributed by atoms with Gasteiger partial charge in [0.25, 0.3) is 0 Å². The van der Waals surface area contributed by atoms with Crippen molar-refractivity contribution >= 4 is 63.2 Å². The minimum atomic E-state index is -0.658. The topological polar surface area (TPSA) is 129 Å². The first-order valence-electron chi connectivity index (χ1n) is 11.1. The van der Waals surface area contributed by atoms with E-state index in [-0.39, 0.29) is 23.7 Å². The van der Waals surface area contributed by atoms with Gasteiger partial charge in [0.15, 0.2) is 4.34 Å². The zero-order valence-corrected chi connectivity index (χ0v) is 21.9. The standard InChI is InChI=1S/C21H26Cl2N6O4S2/c22-14-2-1-12(7-15(14)23)9-29-5-6-33-13(10-29)8-24-18(31)11-34-21-28-27-20(35-21)26-19(32)16-3-4-17(30)25-16/h1-2,7,13,16-17,25,30H,3-6,8-11H2,(H,24,31)(H,26,27,32)/t13-,16-,17-/m0/s1. The highest BCUT2D eigenvalue weighted by Crippen LogP contribution is 2.26. The van der Waals surface area contributed by atoms with Gasteiger partial charge in [-0.3, -0.25) is 25.1 Å². The van der Waals surface area contributed by atoms with E-state index in [1.165, 1.54) is 23.1 Å². The van der Waals surface area contributed by atoms with E-state index in [9.17, 15) is 14.7 Å². The first kappa shape index (κ1) is 26.6. The number of aliphatic hydroxyl groups is 1. The molecule has 10 nitrogen and oxygen atoms in total. The molecular weight excluding hydrogens is 535 g/mol. The highest BCUT2D eigenvalue weighted by Gasteiger charge is 2.28. The first-order valence-corrected chi connectivity index (χ1v) is 13.7. The molecule has 1 aromatic carbocycles. The number of ether oxygens (including phenoxy) is 1. The number of hydrogen-bond acceptors (Lipinski definition) is 10. The molecule has 35 heavy (non-hydrogen) atoms. The predicted molar refractivity (Wildman–Crippen MR) is 136 cm³/mol. The average Bonchev–Trinajstić information content (AvgIpc) is 3.48. The highest BCUT2D eigenvalue weighted by atomic mass is 35.5. The molecule has 2 fully saturated rings. The lowest BCUT2D eigenvalue weighted by Gasteiger charge is -2.33. The molecule has 3 atom stereocenters. The van der Waals surface area contributed by atoms with E-state index in [1.807, 2.05) is 12.1 Å². The minimum Gasteiger partial charge on any atom is -0.379 e. The molecule has 0 radical (unpaired) electrons. The zero-order chi connectivity index (χ0) is 24.8. The number of anilines is 1. The number of nitrogens with zero attached hydrogens (tertiary/aromatic N) is 3. The largest absolute Gasteiger partial charge is 0.379 e. The van der Waals surface area contributed by atoms with Gasteiger partial charge in [-0.05, 0) is 30.5 Å². The highest BCUT2D eigenvalue weighted by molar-refractivity contribution is 8.01. The predicted octanol–water partition coefficient (Wildman–Crippen LogP) is 1.96. The first-order chi connectivity index (χ1) is 16.9. The maximum Gasteiger partial charge on any atom is 0.243 e. The van der Waals surface area contributed by atoms with Crippen LogP contribution in [0.25, 0.3) is 0 Å². The Morgan fingerprint density at radius 1 is 1.29 bits per heavy atom. The summed E-state index contributed by atoms with van der Waals surface area (Å²) in [5.74, 6) is -0.212. The van der Waals surface area contributed by atoms with Crippen LogP contribution in [0.1, 0.15) is 18.4 Å². The van der Waals surface area contributed by atoms with Crippen LogP contribution in [0.15, 0.2) is 22.5 Å². The second-order valence-electron chi connectivity index (χ2n) is 8.24. The van der Waals surface area contributed by atoms with Crippen molar-refractivity contribution < 1.29 is 19.4 Å². The SMILES string of the molecule is O=C(CSc1nnc(NC(=O)[C@@H]2CC[C@H](O)N2)s1)NC[C@H]1CN(Cc2ccc(Cl)c(Cl)c2)CCO1. The lowest BCUT2D eigenvalue weighted by molar-refractivity contribution is -0.120. The number of hydrogen-bond donors (Lipinski definition) is 4. The molecule has 2 amide bonds. The summed E-state index contributed by atoms with van der Waals surface area (Å²) in [5.41, 5.74) is 1.07. The van der Waals surface area contributed by atoms with E-state index >= 15 is 0 Å². The number of carbonyl (C=O) groups is 2. The van der Waals surface area contributed by atoms with Crippen LogP contribution in [0, 0.1) is 0 Å². The molecule has 1 aromatic heterocycles. The van der Waals surface area contributed by atoms with Crippen molar-refractivity contribution in [1.29, 1.82) is 0 Å². The van der Waals surface area contributed by atoms with E-state index in [0.717, 1.165) is 18.7 Å². The minimum absolute atomic E-state index is 0.105. The molecule has 3 heterocycles. The Hall–Kier alpha value is -1.51. The lowest BCUT2D eigenvalue weighted by atomic mass is 10.2. The number of halogens is 2. The van der Waals surface area contributed by atoms with Crippen LogP contribution in [0.2, 0.25) is 10.0 Å². The van der Waals surface area contributed by atoms with E-state index in [0.29, 0.717) is 52.1 Å². The van der Waals surface area contributed by atoms with Crippen LogP contribution in [-0.2, 0) is 20.9 Å². The van der Waals surface area contributed by atoms with Crippen molar-refractivity contribution in [1.82, 2.24) is 25.7 Å². The molecular formula is C21H26Cl2N6O4S2. The summed E-state index contributed by atoms with van der Waals surface area (Å²) in [6, 6.07) is 5.17. The monoisotopic (exact) mass is 560 g/mol. The van der Waals surface area contributed by atoms with Crippen molar-refractivity contribution in [2.45, 2.75) is 42.1 Å². The van der Waals surface area contributed by atoms with Crippen LogP contribution >= 0.6 is 46.3 Å². The van der Waals surface area contributed by atoms with Crippen molar-refractivity contribution in [3.8, 4) is 0 Å². The molecule has 0 unspecified atom stereocenters. The summed E-state index contributed by atoms with van der Waals surface area (Å²) in [6.45, 7) is 3.22. The van der Waals surface area contributed by atoms with E-state index in [2.05, 4.69) is 31.0 Å². The Morgan fingerprint density at radius 2 is 2.14 bits per heavy atom. The molecule has 2 aliphatic rings. The second-order valence-corrected chi connectivity index (χ2v) is 11.3. The Balaban J connectivity index is 1.15. The fourth-order valence-electron chi connectivity index (χ4n) is 3.79. The number of carbonyl (C=O) groups excluding carboxylic acids is 2. The molecule has 0 bridgehead atoms. The van der Waals surface area contributed by atoms with Gasteiger partial charge in [0.05, 0.1) is 34.6 Å². The average molecular weight is 562 g/mol. The van der Waals surface area contributed by atoms with Gasteiger partial charge in [-0.2, -0.15) is 0 Å². The molecule has 2 aromatic rings. The Morgan fingerprint density at radius 3 is 2.91 bits per heavy atom. The fourth-order valence-corrected chi connectivity index (χ4v) is 5.70. The summed E-state index contributed by atoms with van der Waals surface area (Å²) in [6.07, 6.45) is 0.331. The molecule has 0 saturated carbocycles. The summed E-state index contributed by atoms with van der Waals surface area (Å²) in [5, 5.41) is 27.3. The number of morpholine rings is 1. The molecule has 4 rings (SSSR count). The van der Waals surface area contributed by atoms with Gasteiger partial charge in [0, 0.05) is 26.2 Å². The normalized spacial score (nSPS) is 22.8. The number of aromatic nitrogens is 2. The van der Waals surface area contributed by atoms with Gasteiger partial charge < -0.3 is 15.2 Å². The van der Waals surface area contributed by atoms with Crippen LogP contribution in [-0.4, -0.2) is 82.4 Å². The molecule has 0 spiro atoms. The summed E-state index contributed by atoms with van der Waals surface area (Å²) in [4.78, 5) is 26.8. The van der Waals surface area contributed by atoms with Crippen LogP contribution < -0.4 is 16.0 Å². The maximum absolute atomic E-state index is 12.3. The van der Waals surface area contributed by atoms with E-state index in [1.54, 1.807) is 6.07 Å². The maximum atomic E-state index is 12.3. The molecule has 2 saturated heterocycles. The Kier molecular flexibility index (Phi) is 9.59. The van der Waals surface area contributed by atoms with Gasteiger partial charge in [-0.1, -0.05) is 52.4 Å². The Labute approximate surface area is 221 Å². The number of thioether (sulfide) groups is 1. The molecule has 14 heteroatoms. The van der Waals surface area contributed by atoms with Gasteiger partial charge in [-0.15, -0.1) is 10.2 Å². The summed E-state index contributed by atoms with van der Waals surface area (Å²) in [7, 11) is 0. The van der Waals surface area contributed by atoms with E-state index < -0.39 is 12.3 Å². The van der Waals surface area contributed by atoms with Crippen molar-refractivity contribution in [2.75, 3.05) is 37.3 Å². The lowest BCUT2D eigenvalue weighted by Crippen LogP contribution is -2.47. The third-order valence-electron chi connectivity index (χ3n) is 5.54. The summed E-state index contributed by atoms with van der Waals surface area (Å²) < 4.78 is 6.38. The third-order valence-corrected chi connectivity index (χ3v) is 8.25. The number of benzene rings is 1. The van der Waals surface area contributed by atoms with Crippen LogP contribution in [0.3, 0.4) is 0 Å². The zero-order valence-electron chi connectivity index (χ0n) is 18.7. The van der Waals surface area contributed by atoms with Crippen LogP contribution in [0.4, 0.5) is 5.13 Å². The van der Waals surface area contributed by atoms with Gasteiger partial charge in [0.2, 0.25) is 16.9 Å². The quantitative estimate of drug-likeness (QED) is 0.268. The molecule has 0 aliphatic carbocycles. The van der Waals surface area contributed by atoms with E-state index in [4.69, 9.17) is 27.9 Å². The van der Waals surface area contributed by atoms with Crippen molar-refractivity contribution in [2.24, 2.45) is 0 Å². The number of nitrogens with one attached hydrogen (secondary N) is 3. The number of rotatable bonds is 9. The summed E-state index contributed by atoms with van der Waals surface area (Å²) >= 11 is 14.6. The molecule has 2 aliphatic heterocycles. The van der Waals surface area contributed by atoms with Crippen molar-refractivity contribution in [3.05, 3.63) is 33.8 Å². The second kappa shape index (κ2) is 12.6. The number of amides is 2. The molecule has 4 N–H and O–H groups in total. The van der Waals surface area contributed by atoms with Gasteiger partial charge in [-0.25, -0.2) is 0 Å². The molecule has 190 valence electrons. The third kappa shape index (κ3) is 7.99. The van der Waals surface area contributed by atoms with Crippen LogP contribution in [0.5, 0.6) is 0 Å². The van der Waals surface area contributed by atoms with Gasteiger partial charge >= 0.3 is 0 Å².